The second kappa shape index (κ2) is 12.0. The molecule has 41 heavy (non-hydrogen) atoms. The Hall–Kier alpha value is -4.37. The zero-order valence-corrected chi connectivity index (χ0v) is 23.6. The fraction of sp³-hybridized carbons (Fsp3) is 0.344. The van der Waals surface area contributed by atoms with E-state index in [1.807, 2.05) is 68.7 Å². The molecule has 1 aliphatic heterocycles. The molecule has 0 aliphatic carbocycles. The number of benzene rings is 3. The maximum Gasteiger partial charge on any atom is 0.327 e. The van der Waals surface area contributed by atoms with E-state index < -0.39 is 16.8 Å². The van der Waals surface area contributed by atoms with Crippen molar-refractivity contribution >= 4 is 11.9 Å². The molecule has 212 valence electrons. The van der Waals surface area contributed by atoms with Gasteiger partial charge in [-0.1, -0.05) is 91.0 Å². The number of carboxylic acid groups (broad SMARTS) is 1. The molecule has 3 aromatic carbocycles. The number of aromatic nitrogens is 4. The van der Waals surface area contributed by atoms with E-state index >= 15 is 0 Å². The third-order valence-corrected chi connectivity index (χ3v) is 8.30. The highest BCUT2D eigenvalue weighted by Crippen LogP contribution is 2.41. The topological polar surface area (TPSA) is 104 Å². The van der Waals surface area contributed by atoms with Gasteiger partial charge >= 0.3 is 5.97 Å². The van der Waals surface area contributed by atoms with Crippen molar-refractivity contribution < 1.29 is 14.7 Å². The second-order valence-electron chi connectivity index (χ2n) is 10.9. The molecular weight excluding hydrogens is 516 g/mol. The van der Waals surface area contributed by atoms with E-state index in [2.05, 4.69) is 56.7 Å². The molecule has 9 heteroatoms. The van der Waals surface area contributed by atoms with Gasteiger partial charge in [0.1, 0.15) is 5.41 Å². The number of piperidine rings is 1. The molecule has 1 amide bonds. The van der Waals surface area contributed by atoms with Crippen LogP contribution in [0.25, 0.3) is 0 Å². The second-order valence-corrected chi connectivity index (χ2v) is 10.9. The van der Waals surface area contributed by atoms with Gasteiger partial charge in [-0.25, -0.2) is 0 Å². The van der Waals surface area contributed by atoms with E-state index in [9.17, 15) is 14.7 Å². The zero-order chi connectivity index (χ0) is 28.9. The Morgan fingerprint density at radius 2 is 1.41 bits per heavy atom. The third-order valence-electron chi connectivity index (χ3n) is 8.30. The molecule has 0 spiro atoms. The molecule has 1 aromatic heterocycles. The summed E-state index contributed by atoms with van der Waals surface area (Å²) >= 11 is 0. The van der Waals surface area contributed by atoms with E-state index in [1.165, 1.54) is 0 Å². The summed E-state index contributed by atoms with van der Waals surface area (Å²) in [6, 6.07) is 30.3. The number of likely N-dealkylation sites (N-methyl/N-ethyl adjacent to an activating group) is 1. The van der Waals surface area contributed by atoms with Gasteiger partial charge in [0.05, 0.1) is 5.41 Å². The summed E-state index contributed by atoms with van der Waals surface area (Å²) in [5, 5.41) is 22.1. The lowest BCUT2D eigenvalue weighted by molar-refractivity contribution is -0.138. The minimum Gasteiger partial charge on any atom is -0.480 e. The average molecular weight is 553 g/mol. The highest BCUT2D eigenvalue weighted by Gasteiger charge is 2.45. The largest absolute Gasteiger partial charge is 0.480 e. The van der Waals surface area contributed by atoms with Gasteiger partial charge in [-0.05, 0) is 60.8 Å². The van der Waals surface area contributed by atoms with Crippen molar-refractivity contribution in [2.45, 2.75) is 36.6 Å². The van der Waals surface area contributed by atoms with Crippen LogP contribution >= 0.6 is 0 Å². The summed E-state index contributed by atoms with van der Waals surface area (Å²) in [7, 11) is 3.64. The number of hydrogen-bond donors (Lipinski definition) is 1. The third kappa shape index (κ3) is 5.63. The first kappa shape index (κ1) is 28.2. The first-order valence-electron chi connectivity index (χ1n) is 14.0. The molecule has 1 N–H and O–H groups in total. The van der Waals surface area contributed by atoms with Gasteiger partial charge in [0.2, 0.25) is 5.91 Å². The van der Waals surface area contributed by atoms with Crippen molar-refractivity contribution in [3.05, 3.63) is 114 Å². The maximum atomic E-state index is 14.0. The predicted molar refractivity (Wildman–Crippen MR) is 155 cm³/mol. The van der Waals surface area contributed by atoms with Crippen LogP contribution in [-0.4, -0.2) is 80.7 Å². The average Bonchev–Trinajstić information content (AvgIpc) is 3.47. The van der Waals surface area contributed by atoms with E-state index in [0.717, 1.165) is 54.0 Å². The Labute approximate surface area is 240 Å². The van der Waals surface area contributed by atoms with Crippen molar-refractivity contribution in [1.82, 2.24) is 30.0 Å². The van der Waals surface area contributed by atoms with Gasteiger partial charge in [0.15, 0.2) is 12.4 Å². The number of amides is 1. The number of likely N-dealkylation sites (tertiary alicyclic amines) is 1. The van der Waals surface area contributed by atoms with Gasteiger partial charge in [0.25, 0.3) is 0 Å². The van der Waals surface area contributed by atoms with Crippen molar-refractivity contribution in [2.75, 3.05) is 33.7 Å². The van der Waals surface area contributed by atoms with Gasteiger partial charge in [-0.2, -0.15) is 4.80 Å². The number of carbonyl (C=O) groups is 2. The normalized spacial score (nSPS) is 15.4. The molecule has 0 bridgehead atoms. The molecule has 9 nitrogen and oxygen atoms in total. The van der Waals surface area contributed by atoms with Crippen LogP contribution in [0.5, 0.6) is 0 Å². The summed E-state index contributed by atoms with van der Waals surface area (Å²) in [5.41, 5.74) is 1.78. The first-order chi connectivity index (χ1) is 19.8. The van der Waals surface area contributed by atoms with Crippen LogP contribution < -0.4 is 0 Å². The fourth-order valence-electron chi connectivity index (χ4n) is 6.14. The van der Waals surface area contributed by atoms with E-state index in [1.54, 1.807) is 4.90 Å². The summed E-state index contributed by atoms with van der Waals surface area (Å²) < 4.78 is 0. The van der Waals surface area contributed by atoms with Crippen molar-refractivity contribution in [3.63, 3.8) is 0 Å². The van der Waals surface area contributed by atoms with Crippen LogP contribution in [0.2, 0.25) is 0 Å². The smallest absolute Gasteiger partial charge is 0.327 e. The summed E-state index contributed by atoms with van der Waals surface area (Å²) in [4.78, 5) is 30.5. The number of rotatable bonds is 10. The molecule has 5 rings (SSSR count). The number of carbonyl (C=O) groups excluding carboxylic acids is 1. The zero-order valence-electron chi connectivity index (χ0n) is 23.6. The summed E-state index contributed by atoms with van der Waals surface area (Å²) in [6.07, 6.45) is 2.13. The number of aliphatic carboxylic acids is 1. The first-order valence-corrected chi connectivity index (χ1v) is 14.0. The Balaban J connectivity index is 1.42. The van der Waals surface area contributed by atoms with Crippen LogP contribution in [0.3, 0.4) is 0 Å². The predicted octanol–water partition coefficient (Wildman–Crippen LogP) is 3.60. The minimum absolute atomic E-state index is 0.0600. The van der Waals surface area contributed by atoms with E-state index in [4.69, 9.17) is 0 Å². The molecule has 0 unspecified atom stereocenters. The van der Waals surface area contributed by atoms with Gasteiger partial charge in [-0.15, -0.1) is 10.2 Å². The molecule has 1 fully saturated rings. The van der Waals surface area contributed by atoms with E-state index in [0.29, 0.717) is 12.2 Å². The molecule has 1 saturated heterocycles. The highest BCUT2D eigenvalue weighted by atomic mass is 16.4. The lowest BCUT2D eigenvalue weighted by Crippen LogP contribution is -2.49. The SMILES string of the molecule is CN(C)C(=O)C(CCN1CCC(c2ccccc2)(c2nnn(CC(=O)O)n2)CC1)(c1ccccc1)c1ccccc1. The van der Waals surface area contributed by atoms with Gasteiger partial charge < -0.3 is 14.9 Å². The van der Waals surface area contributed by atoms with Crippen LogP contribution in [0.15, 0.2) is 91.0 Å². The number of hydrogen-bond acceptors (Lipinski definition) is 6. The van der Waals surface area contributed by atoms with E-state index in [-0.39, 0.29) is 12.5 Å². The summed E-state index contributed by atoms with van der Waals surface area (Å²) in [5.74, 6) is -0.398. The van der Waals surface area contributed by atoms with Crippen molar-refractivity contribution in [1.29, 1.82) is 0 Å². The number of tetrazole rings is 1. The molecule has 0 atom stereocenters. The summed E-state index contributed by atoms with van der Waals surface area (Å²) in [6.45, 7) is 1.95. The monoisotopic (exact) mass is 552 g/mol. The fourth-order valence-corrected chi connectivity index (χ4v) is 6.14. The molecular formula is C32H36N6O3. The maximum absolute atomic E-state index is 14.0. The van der Waals surface area contributed by atoms with Crippen molar-refractivity contribution in [2.24, 2.45) is 0 Å². The minimum atomic E-state index is -1.01. The van der Waals surface area contributed by atoms with Gasteiger partial charge in [-0.3, -0.25) is 9.59 Å². The Kier molecular flexibility index (Phi) is 8.26. The number of nitrogens with zero attached hydrogens (tertiary/aromatic N) is 6. The molecule has 0 radical (unpaired) electrons. The molecule has 0 saturated carbocycles. The quantitative estimate of drug-likeness (QED) is 0.321. The standard InChI is InChI=1S/C32H36N6O3/c1-36(2)30(41)32(26-14-8-4-9-15-26,27-16-10-5-11-17-27)20-23-37-21-18-31(19-22-37,25-12-6-3-7-13-25)29-33-35-38(34-29)24-28(39)40/h3-17H,18-24H2,1-2H3,(H,39,40). The van der Waals surface area contributed by atoms with Crippen molar-refractivity contribution in [3.8, 4) is 0 Å². The Bertz CT molecular complexity index is 1410. The lowest BCUT2D eigenvalue weighted by Gasteiger charge is -2.42. The molecule has 2 heterocycles. The Morgan fingerprint density at radius 3 is 1.93 bits per heavy atom. The van der Waals surface area contributed by atoms with Crippen LogP contribution in [-0.2, 0) is 27.0 Å². The van der Waals surface area contributed by atoms with Crippen LogP contribution in [0.1, 0.15) is 41.8 Å². The van der Waals surface area contributed by atoms with Gasteiger partial charge in [0, 0.05) is 14.1 Å². The lowest BCUT2D eigenvalue weighted by atomic mass is 9.70. The number of carboxylic acids is 1. The van der Waals surface area contributed by atoms with Crippen LogP contribution in [0, 0.1) is 0 Å². The molecule has 1 aliphatic rings. The van der Waals surface area contributed by atoms with Crippen LogP contribution in [0.4, 0.5) is 0 Å². The highest BCUT2D eigenvalue weighted by molar-refractivity contribution is 5.92. The molecule has 4 aromatic rings. The Morgan fingerprint density at radius 1 is 0.878 bits per heavy atom.